The largest absolute Gasteiger partial charge is 0.386 e. The van der Waals surface area contributed by atoms with Crippen LogP contribution in [0.3, 0.4) is 0 Å². The van der Waals surface area contributed by atoms with Gasteiger partial charge in [0.25, 0.3) is 0 Å². The van der Waals surface area contributed by atoms with Crippen molar-refractivity contribution in [2.75, 3.05) is 13.1 Å². The number of rotatable bonds is 3. The maximum absolute atomic E-state index is 11.9. The van der Waals surface area contributed by atoms with Crippen LogP contribution in [0, 0.1) is 0 Å². The van der Waals surface area contributed by atoms with E-state index in [0.717, 1.165) is 11.5 Å². The molecule has 0 saturated carbocycles. The zero-order valence-electron chi connectivity index (χ0n) is 10.5. The lowest BCUT2D eigenvalue weighted by Gasteiger charge is -2.43. The Balaban J connectivity index is 2.05. The number of carbonyl (C=O) groups is 1. The first-order valence-electron chi connectivity index (χ1n) is 5.80. The molecule has 0 spiro atoms. The van der Waals surface area contributed by atoms with Crippen LogP contribution in [0.2, 0.25) is 0 Å². The molecule has 1 aromatic rings. The van der Waals surface area contributed by atoms with E-state index in [1.54, 1.807) is 25.1 Å². The molecule has 1 saturated heterocycles. The van der Waals surface area contributed by atoms with Crippen LogP contribution < -0.4 is 0 Å². The summed E-state index contributed by atoms with van der Waals surface area (Å²) in [6.45, 7) is 2.07. The summed E-state index contributed by atoms with van der Waals surface area (Å²) in [6, 6.07) is 7.90. The fourth-order valence-electron chi connectivity index (χ4n) is 1.87. The summed E-state index contributed by atoms with van der Waals surface area (Å²) < 4.78 is 23.8. The van der Waals surface area contributed by atoms with Gasteiger partial charge in [0.1, 0.15) is 0 Å². The normalized spacial score (nSPS) is 18.3. The SMILES string of the molecule is CC1(O)CN(C(=O)C=CS(=O)(=O)c2ccccc2)C1. The number of aliphatic hydroxyl groups is 1. The van der Waals surface area contributed by atoms with Gasteiger partial charge >= 0.3 is 0 Å². The third kappa shape index (κ3) is 3.21. The molecule has 0 unspecified atom stereocenters. The van der Waals surface area contributed by atoms with Crippen molar-refractivity contribution in [2.45, 2.75) is 17.4 Å². The number of carbonyl (C=O) groups excluding carboxylic acids is 1. The summed E-state index contributed by atoms with van der Waals surface area (Å²) in [5.41, 5.74) is -0.859. The van der Waals surface area contributed by atoms with Crippen molar-refractivity contribution in [3.05, 3.63) is 41.8 Å². The molecule has 6 heteroatoms. The molecule has 1 aliphatic rings. The van der Waals surface area contributed by atoms with Crippen LogP contribution in [0.1, 0.15) is 6.92 Å². The summed E-state index contributed by atoms with van der Waals surface area (Å²) in [6.07, 6.45) is 1.03. The smallest absolute Gasteiger partial charge is 0.247 e. The van der Waals surface area contributed by atoms with Gasteiger partial charge in [0.15, 0.2) is 9.84 Å². The van der Waals surface area contributed by atoms with Crippen LogP contribution in [-0.2, 0) is 14.6 Å². The van der Waals surface area contributed by atoms with E-state index in [1.165, 1.54) is 17.0 Å². The fraction of sp³-hybridized carbons (Fsp3) is 0.308. The van der Waals surface area contributed by atoms with E-state index in [2.05, 4.69) is 0 Å². The van der Waals surface area contributed by atoms with Gasteiger partial charge in [0.2, 0.25) is 5.91 Å². The van der Waals surface area contributed by atoms with Crippen LogP contribution in [0.5, 0.6) is 0 Å². The molecular weight excluding hydrogens is 266 g/mol. The number of sulfone groups is 1. The van der Waals surface area contributed by atoms with E-state index >= 15 is 0 Å². The first-order chi connectivity index (χ1) is 8.80. The van der Waals surface area contributed by atoms with Crippen molar-refractivity contribution in [3.63, 3.8) is 0 Å². The van der Waals surface area contributed by atoms with Gasteiger partial charge < -0.3 is 10.0 Å². The maximum atomic E-state index is 11.9. The molecule has 0 radical (unpaired) electrons. The number of benzene rings is 1. The quantitative estimate of drug-likeness (QED) is 0.822. The first kappa shape index (κ1) is 13.8. The highest BCUT2D eigenvalue weighted by Crippen LogP contribution is 2.20. The van der Waals surface area contributed by atoms with Crippen LogP contribution in [0.4, 0.5) is 0 Å². The molecule has 2 rings (SSSR count). The molecule has 0 bridgehead atoms. The van der Waals surface area contributed by atoms with Gasteiger partial charge in [-0.1, -0.05) is 18.2 Å². The standard InChI is InChI=1S/C13H15NO4S/c1-13(16)9-14(10-13)12(15)7-8-19(17,18)11-5-3-2-4-6-11/h2-8,16H,9-10H2,1H3. The minimum Gasteiger partial charge on any atom is -0.386 e. The van der Waals surface area contributed by atoms with Crippen molar-refractivity contribution in [1.29, 1.82) is 0 Å². The third-order valence-electron chi connectivity index (χ3n) is 2.84. The van der Waals surface area contributed by atoms with E-state index in [-0.39, 0.29) is 18.0 Å². The van der Waals surface area contributed by atoms with Crippen LogP contribution in [0.15, 0.2) is 46.7 Å². The lowest BCUT2D eigenvalue weighted by Crippen LogP contribution is -2.61. The topological polar surface area (TPSA) is 74.7 Å². The molecule has 102 valence electrons. The van der Waals surface area contributed by atoms with E-state index in [1.807, 2.05) is 0 Å². The first-order valence-corrected chi connectivity index (χ1v) is 7.34. The summed E-state index contributed by atoms with van der Waals surface area (Å²) in [4.78, 5) is 13.2. The second-order valence-electron chi connectivity index (χ2n) is 4.85. The predicted molar refractivity (Wildman–Crippen MR) is 70.0 cm³/mol. The molecular formula is C13H15NO4S. The molecule has 0 atom stereocenters. The Kier molecular flexibility index (Phi) is 3.47. The number of nitrogens with zero attached hydrogens (tertiary/aromatic N) is 1. The molecule has 19 heavy (non-hydrogen) atoms. The molecule has 0 aliphatic carbocycles. The molecule has 1 aromatic carbocycles. The lowest BCUT2D eigenvalue weighted by atomic mass is 9.97. The van der Waals surface area contributed by atoms with Gasteiger partial charge in [0, 0.05) is 11.5 Å². The van der Waals surface area contributed by atoms with E-state index in [0.29, 0.717) is 0 Å². The van der Waals surface area contributed by atoms with Crippen molar-refractivity contribution < 1.29 is 18.3 Å². The number of hydrogen-bond acceptors (Lipinski definition) is 4. The number of likely N-dealkylation sites (tertiary alicyclic amines) is 1. The molecule has 1 aliphatic heterocycles. The average molecular weight is 281 g/mol. The molecule has 1 N–H and O–H groups in total. The van der Waals surface area contributed by atoms with Gasteiger partial charge in [-0.15, -0.1) is 0 Å². The van der Waals surface area contributed by atoms with Crippen LogP contribution >= 0.6 is 0 Å². The van der Waals surface area contributed by atoms with E-state index in [9.17, 15) is 18.3 Å². The average Bonchev–Trinajstić information content (AvgIpc) is 2.34. The van der Waals surface area contributed by atoms with Crippen molar-refractivity contribution in [1.82, 2.24) is 4.90 Å². The van der Waals surface area contributed by atoms with Crippen molar-refractivity contribution in [3.8, 4) is 0 Å². The Bertz CT molecular complexity index is 597. The highest BCUT2D eigenvalue weighted by molar-refractivity contribution is 7.94. The Hall–Kier alpha value is -1.66. The lowest BCUT2D eigenvalue weighted by molar-refractivity contribution is -0.146. The second kappa shape index (κ2) is 4.79. The van der Waals surface area contributed by atoms with Gasteiger partial charge in [-0.2, -0.15) is 0 Å². The molecule has 1 fully saturated rings. The maximum Gasteiger partial charge on any atom is 0.247 e. The van der Waals surface area contributed by atoms with E-state index < -0.39 is 21.3 Å². The Morgan fingerprint density at radius 1 is 1.32 bits per heavy atom. The van der Waals surface area contributed by atoms with Crippen molar-refractivity contribution in [2.24, 2.45) is 0 Å². The van der Waals surface area contributed by atoms with Crippen molar-refractivity contribution >= 4 is 15.7 Å². The second-order valence-corrected chi connectivity index (χ2v) is 6.69. The van der Waals surface area contributed by atoms with Crippen LogP contribution in [-0.4, -0.2) is 43.0 Å². The number of β-amino-alcohol motifs (C(OH)–C–C–N with tert-alkyl or cyclic N) is 1. The third-order valence-corrected chi connectivity index (χ3v) is 4.26. The van der Waals surface area contributed by atoms with Gasteiger partial charge in [-0.3, -0.25) is 4.79 Å². The van der Waals surface area contributed by atoms with Gasteiger partial charge in [0.05, 0.1) is 23.6 Å². The Labute approximate surface area is 112 Å². The molecule has 1 amide bonds. The summed E-state index contributed by atoms with van der Waals surface area (Å²) in [7, 11) is -3.59. The monoisotopic (exact) mass is 281 g/mol. The minimum atomic E-state index is -3.59. The van der Waals surface area contributed by atoms with Crippen LogP contribution in [0.25, 0.3) is 0 Å². The minimum absolute atomic E-state index is 0.148. The Morgan fingerprint density at radius 2 is 1.89 bits per heavy atom. The highest BCUT2D eigenvalue weighted by Gasteiger charge is 2.38. The highest BCUT2D eigenvalue weighted by atomic mass is 32.2. The zero-order valence-corrected chi connectivity index (χ0v) is 11.3. The number of hydrogen-bond donors (Lipinski definition) is 1. The Morgan fingerprint density at radius 3 is 2.42 bits per heavy atom. The molecule has 0 aromatic heterocycles. The summed E-state index contributed by atoms with van der Waals surface area (Å²) >= 11 is 0. The molecule has 1 heterocycles. The van der Waals surface area contributed by atoms with E-state index in [4.69, 9.17) is 0 Å². The molecule has 5 nitrogen and oxygen atoms in total. The predicted octanol–water partition coefficient (Wildman–Crippen LogP) is 0.567. The fourth-order valence-corrected chi connectivity index (χ4v) is 2.86. The van der Waals surface area contributed by atoms with Gasteiger partial charge in [-0.05, 0) is 19.1 Å². The van der Waals surface area contributed by atoms with Gasteiger partial charge in [-0.25, -0.2) is 8.42 Å². The summed E-state index contributed by atoms with van der Waals surface area (Å²) in [5.74, 6) is -0.411. The summed E-state index contributed by atoms with van der Waals surface area (Å²) in [5, 5.41) is 10.4. The zero-order chi connectivity index (χ0) is 14.1. The number of amides is 1.